The van der Waals surface area contributed by atoms with E-state index in [0.29, 0.717) is 30.9 Å². The Morgan fingerprint density at radius 3 is 2.90 bits per heavy atom. The summed E-state index contributed by atoms with van der Waals surface area (Å²) >= 11 is 3.39. The van der Waals surface area contributed by atoms with E-state index in [1.165, 1.54) is 0 Å². The minimum absolute atomic E-state index is 0.0282. The summed E-state index contributed by atoms with van der Waals surface area (Å²) in [6, 6.07) is 5.28. The smallest absolute Gasteiger partial charge is 0.322 e. The van der Waals surface area contributed by atoms with Crippen LogP contribution < -0.4 is 10.1 Å². The maximum absolute atomic E-state index is 12.1. The predicted octanol–water partition coefficient (Wildman–Crippen LogP) is 2.83. The zero-order valence-corrected chi connectivity index (χ0v) is 13.2. The maximum atomic E-state index is 12.1. The van der Waals surface area contributed by atoms with Crippen molar-refractivity contribution in [3.8, 4) is 5.75 Å². The molecule has 6 heteroatoms. The molecule has 1 unspecified atom stereocenters. The number of rotatable bonds is 3. The monoisotopic (exact) mass is 342 g/mol. The molecule has 2 amide bonds. The Kier molecular flexibility index (Phi) is 4.88. The minimum Gasteiger partial charge on any atom is -0.489 e. The van der Waals surface area contributed by atoms with Crippen molar-refractivity contribution < 1.29 is 14.6 Å². The van der Waals surface area contributed by atoms with Crippen LogP contribution in [-0.4, -0.2) is 41.3 Å². The summed E-state index contributed by atoms with van der Waals surface area (Å²) in [4.78, 5) is 13.7. The third-order valence-electron chi connectivity index (χ3n) is 3.00. The van der Waals surface area contributed by atoms with Gasteiger partial charge >= 0.3 is 6.03 Å². The topological polar surface area (TPSA) is 61.8 Å². The Morgan fingerprint density at radius 1 is 1.55 bits per heavy atom. The molecule has 0 saturated carbocycles. The Morgan fingerprint density at radius 2 is 2.30 bits per heavy atom. The predicted molar refractivity (Wildman–Crippen MR) is 81.1 cm³/mol. The molecule has 0 bridgehead atoms. The summed E-state index contributed by atoms with van der Waals surface area (Å²) in [7, 11) is 0. The van der Waals surface area contributed by atoms with Crippen molar-refractivity contribution >= 4 is 27.6 Å². The lowest BCUT2D eigenvalue weighted by Gasteiger charge is -2.19. The summed E-state index contributed by atoms with van der Waals surface area (Å²) in [5.74, 6) is 0.635. The van der Waals surface area contributed by atoms with E-state index in [-0.39, 0.29) is 12.1 Å². The molecule has 20 heavy (non-hydrogen) atoms. The quantitative estimate of drug-likeness (QED) is 0.887. The number of carbonyl (C=O) groups is 1. The van der Waals surface area contributed by atoms with Crippen molar-refractivity contribution in [1.82, 2.24) is 4.90 Å². The standard InChI is InChI=1S/C14H19BrN2O3/c1-9(2)20-13-4-3-10(15)7-12(13)16-14(19)17-6-5-11(18)8-17/h3-4,7,9,11,18H,5-6,8H2,1-2H3,(H,16,19). The third kappa shape index (κ3) is 3.86. The molecular weight excluding hydrogens is 324 g/mol. The SMILES string of the molecule is CC(C)Oc1ccc(Br)cc1NC(=O)N1CCC(O)C1. The molecular formula is C14H19BrN2O3. The molecule has 0 aromatic heterocycles. The molecule has 2 rings (SSSR count). The molecule has 1 aliphatic heterocycles. The van der Waals surface area contributed by atoms with Gasteiger partial charge in [0.25, 0.3) is 0 Å². The second-order valence-electron chi connectivity index (χ2n) is 5.13. The summed E-state index contributed by atoms with van der Waals surface area (Å²) in [5, 5.41) is 12.3. The van der Waals surface area contributed by atoms with E-state index in [1.54, 1.807) is 4.90 Å². The van der Waals surface area contributed by atoms with Gasteiger partial charge in [-0.05, 0) is 38.5 Å². The van der Waals surface area contributed by atoms with Crippen LogP contribution in [0.25, 0.3) is 0 Å². The molecule has 1 aliphatic rings. The van der Waals surface area contributed by atoms with Gasteiger partial charge in [-0.2, -0.15) is 0 Å². The van der Waals surface area contributed by atoms with Gasteiger partial charge in [-0.25, -0.2) is 4.79 Å². The number of hydrogen-bond acceptors (Lipinski definition) is 3. The number of amides is 2. The Balaban J connectivity index is 2.11. The lowest BCUT2D eigenvalue weighted by Crippen LogP contribution is -2.33. The number of hydrogen-bond donors (Lipinski definition) is 2. The Bertz CT molecular complexity index is 493. The highest BCUT2D eigenvalue weighted by Crippen LogP contribution is 2.29. The van der Waals surface area contributed by atoms with Crippen LogP contribution in [0.4, 0.5) is 10.5 Å². The van der Waals surface area contributed by atoms with E-state index in [1.807, 2.05) is 32.0 Å². The number of ether oxygens (including phenoxy) is 1. The molecule has 0 radical (unpaired) electrons. The lowest BCUT2D eigenvalue weighted by atomic mass is 10.3. The van der Waals surface area contributed by atoms with Crippen molar-refractivity contribution in [2.24, 2.45) is 0 Å². The van der Waals surface area contributed by atoms with E-state index in [0.717, 1.165) is 4.47 Å². The van der Waals surface area contributed by atoms with Gasteiger partial charge in [0.15, 0.2) is 0 Å². The largest absolute Gasteiger partial charge is 0.489 e. The number of β-amino-alcohol motifs (C(OH)–C–C–N with tert-alkyl or cyclic N) is 1. The van der Waals surface area contributed by atoms with Gasteiger partial charge in [-0.3, -0.25) is 0 Å². The highest BCUT2D eigenvalue weighted by atomic mass is 79.9. The zero-order chi connectivity index (χ0) is 14.7. The minimum atomic E-state index is -0.422. The number of aliphatic hydroxyl groups excluding tert-OH is 1. The summed E-state index contributed by atoms with van der Waals surface area (Å²) in [6.07, 6.45) is 0.233. The first-order valence-corrected chi connectivity index (χ1v) is 7.45. The van der Waals surface area contributed by atoms with E-state index >= 15 is 0 Å². The average Bonchev–Trinajstić information content (AvgIpc) is 2.79. The molecule has 1 fully saturated rings. The molecule has 2 N–H and O–H groups in total. The highest BCUT2D eigenvalue weighted by molar-refractivity contribution is 9.10. The van der Waals surface area contributed by atoms with Crippen LogP contribution in [0.5, 0.6) is 5.75 Å². The number of aliphatic hydroxyl groups is 1. The molecule has 0 aliphatic carbocycles. The van der Waals surface area contributed by atoms with Crippen LogP contribution in [0.3, 0.4) is 0 Å². The molecule has 1 aromatic carbocycles. The zero-order valence-electron chi connectivity index (χ0n) is 11.6. The molecule has 5 nitrogen and oxygen atoms in total. The average molecular weight is 343 g/mol. The van der Waals surface area contributed by atoms with Gasteiger partial charge < -0.3 is 20.1 Å². The number of likely N-dealkylation sites (tertiary alicyclic amines) is 1. The van der Waals surface area contributed by atoms with Gasteiger partial charge in [0.05, 0.1) is 17.9 Å². The number of benzene rings is 1. The number of urea groups is 1. The number of nitrogens with zero attached hydrogens (tertiary/aromatic N) is 1. The molecule has 1 heterocycles. The van der Waals surface area contributed by atoms with Gasteiger partial charge in [-0.15, -0.1) is 0 Å². The van der Waals surface area contributed by atoms with Gasteiger partial charge in [0, 0.05) is 17.6 Å². The number of carbonyl (C=O) groups excluding carboxylic acids is 1. The molecule has 110 valence electrons. The number of halogens is 1. The van der Waals surface area contributed by atoms with Crippen molar-refractivity contribution in [2.75, 3.05) is 18.4 Å². The van der Waals surface area contributed by atoms with Crippen molar-refractivity contribution in [2.45, 2.75) is 32.5 Å². The Labute approximate surface area is 127 Å². The van der Waals surface area contributed by atoms with Crippen LogP contribution in [0.2, 0.25) is 0 Å². The van der Waals surface area contributed by atoms with E-state index in [9.17, 15) is 9.90 Å². The van der Waals surface area contributed by atoms with Crippen molar-refractivity contribution in [3.63, 3.8) is 0 Å². The number of nitrogens with one attached hydrogen (secondary N) is 1. The first-order chi connectivity index (χ1) is 9.45. The van der Waals surface area contributed by atoms with E-state index in [2.05, 4.69) is 21.2 Å². The third-order valence-corrected chi connectivity index (χ3v) is 3.49. The van der Waals surface area contributed by atoms with Crippen LogP contribution in [0, 0.1) is 0 Å². The van der Waals surface area contributed by atoms with Crippen LogP contribution in [0.15, 0.2) is 22.7 Å². The fourth-order valence-electron chi connectivity index (χ4n) is 2.08. The lowest BCUT2D eigenvalue weighted by molar-refractivity contribution is 0.176. The van der Waals surface area contributed by atoms with E-state index in [4.69, 9.17) is 4.74 Å². The second kappa shape index (κ2) is 6.45. The normalized spacial score (nSPS) is 18.4. The van der Waals surface area contributed by atoms with E-state index < -0.39 is 6.10 Å². The van der Waals surface area contributed by atoms with Gasteiger partial charge in [0.1, 0.15) is 5.75 Å². The van der Waals surface area contributed by atoms with Gasteiger partial charge in [0.2, 0.25) is 0 Å². The summed E-state index contributed by atoms with van der Waals surface area (Å²) in [5.41, 5.74) is 0.625. The number of anilines is 1. The summed E-state index contributed by atoms with van der Waals surface area (Å²) in [6.45, 7) is 4.82. The van der Waals surface area contributed by atoms with Crippen LogP contribution in [0.1, 0.15) is 20.3 Å². The molecule has 1 aromatic rings. The molecule has 1 atom stereocenters. The fraction of sp³-hybridized carbons (Fsp3) is 0.500. The van der Waals surface area contributed by atoms with Crippen molar-refractivity contribution in [3.05, 3.63) is 22.7 Å². The maximum Gasteiger partial charge on any atom is 0.322 e. The fourth-order valence-corrected chi connectivity index (χ4v) is 2.44. The van der Waals surface area contributed by atoms with Gasteiger partial charge in [-0.1, -0.05) is 15.9 Å². The molecule has 0 spiro atoms. The van der Waals surface area contributed by atoms with Crippen LogP contribution >= 0.6 is 15.9 Å². The Hall–Kier alpha value is -1.27. The summed E-state index contributed by atoms with van der Waals surface area (Å²) < 4.78 is 6.55. The highest BCUT2D eigenvalue weighted by Gasteiger charge is 2.25. The van der Waals surface area contributed by atoms with Crippen LogP contribution in [-0.2, 0) is 0 Å². The first kappa shape index (κ1) is 15.1. The van der Waals surface area contributed by atoms with Crippen molar-refractivity contribution in [1.29, 1.82) is 0 Å². The second-order valence-corrected chi connectivity index (χ2v) is 6.04. The first-order valence-electron chi connectivity index (χ1n) is 6.66. The molecule has 1 saturated heterocycles.